The number of piperidine rings is 1. The van der Waals surface area contributed by atoms with Crippen molar-refractivity contribution >= 4 is 0 Å². The SMILES string of the molecule is CCNC(c1cnccn1)C1(N2CCCCC2)CCCC1. The van der Waals surface area contributed by atoms with E-state index in [1.165, 1.54) is 58.0 Å². The fraction of sp³-hybridized carbons (Fsp3) is 0.765. The van der Waals surface area contributed by atoms with Crippen LogP contribution in [0.2, 0.25) is 0 Å². The monoisotopic (exact) mass is 288 g/mol. The Balaban J connectivity index is 1.92. The average Bonchev–Trinajstić information content (AvgIpc) is 3.05. The van der Waals surface area contributed by atoms with Crippen molar-refractivity contribution in [2.45, 2.75) is 63.5 Å². The molecule has 2 fully saturated rings. The molecule has 0 amide bonds. The summed E-state index contributed by atoms with van der Waals surface area (Å²) in [4.78, 5) is 11.7. The molecule has 1 saturated heterocycles. The number of rotatable bonds is 5. The van der Waals surface area contributed by atoms with Crippen LogP contribution in [0.3, 0.4) is 0 Å². The Hall–Kier alpha value is -1.00. The molecule has 2 heterocycles. The Morgan fingerprint density at radius 1 is 1.14 bits per heavy atom. The van der Waals surface area contributed by atoms with Gasteiger partial charge in [0.2, 0.25) is 0 Å². The van der Waals surface area contributed by atoms with E-state index in [1.807, 2.05) is 12.4 Å². The maximum atomic E-state index is 4.63. The third kappa shape index (κ3) is 2.97. The fourth-order valence-electron chi connectivity index (χ4n) is 4.35. The molecule has 0 bridgehead atoms. The lowest BCUT2D eigenvalue weighted by atomic mass is 9.82. The molecular formula is C17H28N4. The lowest BCUT2D eigenvalue weighted by Crippen LogP contribution is -2.56. The molecule has 2 aliphatic rings. The minimum absolute atomic E-state index is 0.256. The quantitative estimate of drug-likeness (QED) is 0.904. The van der Waals surface area contributed by atoms with Crippen LogP contribution in [0.1, 0.15) is 63.6 Å². The molecule has 1 aliphatic carbocycles. The predicted octanol–water partition coefficient (Wildman–Crippen LogP) is 2.93. The van der Waals surface area contributed by atoms with Gasteiger partial charge in [-0.25, -0.2) is 0 Å². The molecule has 4 heteroatoms. The van der Waals surface area contributed by atoms with Crippen molar-refractivity contribution in [2.24, 2.45) is 0 Å². The van der Waals surface area contributed by atoms with E-state index in [9.17, 15) is 0 Å². The van der Waals surface area contributed by atoms with Crippen molar-refractivity contribution < 1.29 is 0 Å². The molecular weight excluding hydrogens is 260 g/mol. The summed E-state index contributed by atoms with van der Waals surface area (Å²) in [5.74, 6) is 0. The van der Waals surface area contributed by atoms with Crippen LogP contribution < -0.4 is 5.32 Å². The summed E-state index contributed by atoms with van der Waals surface area (Å²) in [5, 5.41) is 3.73. The van der Waals surface area contributed by atoms with E-state index in [4.69, 9.17) is 0 Å². The van der Waals surface area contributed by atoms with E-state index in [2.05, 4.69) is 27.1 Å². The van der Waals surface area contributed by atoms with Gasteiger partial charge in [-0.2, -0.15) is 0 Å². The summed E-state index contributed by atoms with van der Waals surface area (Å²) in [7, 11) is 0. The Labute approximate surface area is 128 Å². The standard InChI is InChI=1S/C17H28N4/c1-2-19-16(15-14-18-10-11-20-15)17(8-4-5-9-17)21-12-6-3-7-13-21/h10-11,14,16,19H,2-9,12-13H2,1H3. The lowest BCUT2D eigenvalue weighted by Gasteiger charge is -2.48. The van der Waals surface area contributed by atoms with Crippen LogP contribution in [0, 0.1) is 0 Å². The van der Waals surface area contributed by atoms with Crippen molar-refractivity contribution in [1.29, 1.82) is 0 Å². The number of hydrogen-bond donors (Lipinski definition) is 1. The zero-order valence-electron chi connectivity index (χ0n) is 13.2. The molecule has 1 aromatic rings. The van der Waals surface area contributed by atoms with E-state index >= 15 is 0 Å². The van der Waals surface area contributed by atoms with Gasteiger partial charge >= 0.3 is 0 Å². The topological polar surface area (TPSA) is 41.1 Å². The number of likely N-dealkylation sites (tertiary alicyclic amines) is 1. The van der Waals surface area contributed by atoms with Gasteiger partial charge in [-0.3, -0.25) is 14.9 Å². The molecule has 21 heavy (non-hydrogen) atoms. The molecule has 3 rings (SSSR count). The second-order valence-corrected chi connectivity index (χ2v) is 6.48. The van der Waals surface area contributed by atoms with Gasteiger partial charge in [-0.05, 0) is 45.3 Å². The molecule has 116 valence electrons. The fourth-order valence-corrected chi connectivity index (χ4v) is 4.35. The van der Waals surface area contributed by atoms with E-state index in [1.54, 1.807) is 6.20 Å². The highest BCUT2D eigenvalue weighted by atomic mass is 15.2. The second kappa shape index (κ2) is 6.84. The van der Waals surface area contributed by atoms with E-state index < -0.39 is 0 Å². The Kier molecular flexibility index (Phi) is 4.86. The van der Waals surface area contributed by atoms with Gasteiger partial charge in [0.15, 0.2) is 0 Å². The maximum Gasteiger partial charge on any atom is 0.0775 e. The van der Waals surface area contributed by atoms with E-state index in [0.717, 1.165) is 12.2 Å². The Morgan fingerprint density at radius 3 is 2.52 bits per heavy atom. The molecule has 0 aromatic carbocycles. The van der Waals surface area contributed by atoms with Crippen molar-refractivity contribution in [3.63, 3.8) is 0 Å². The summed E-state index contributed by atoms with van der Waals surface area (Å²) in [6.45, 7) is 5.68. The molecule has 0 radical (unpaired) electrons. The van der Waals surface area contributed by atoms with Crippen molar-refractivity contribution in [2.75, 3.05) is 19.6 Å². The molecule has 1 aliphatic heterocycles. The van der Waals surface area contributed by atoms with Crippen LogP contribution in [0.25, 0.3) is 0 Å². The molecule has 1 atom stereocenters. The molecule has 0 spiro atoms. The van der Waals surface area contributed by atoms with Crippen molar-refractivity contribution in [1.82, 2.24) is 20.2 Å². The van der Waals surface area contributed by atoms with Gasteiger partial charge in [0.25, 0.3) is 0 Å². The van der Waals surface area contributed by atoms with Gasteiger partial charge in [-0.1, -0.05) is 26.2 Å². The minimum atomic E-state index is 0.256. The van der Waals surface area contributed by atoms with Gasteiger partial charge in [0.1, 0.15) is 0 Å². The van der Waals surface area contributed by atoms with Gasteiger partial charge < -0.3 is 5.32 Å². The highest BCUT2D eigenvalue weighted by molar-refractivity contribution is 5.15. The number of hydrogen-bond acceptors (Lipinski definition) is 4. The van der Waals surface area contributed by atoms with Gasteiger partial charge in [0, 0.05) is 17.9 Å². The van der Waals surface area contributed by atoms with Crippen LogP contribution in [0.5, 0.6) is 0 Å². The van der Waals surface area contributed by atoms with Crippen molar-refractivity contribution in [3.05, 3.63) is 24.3 Å². The average molecular weight is 288 g/mol. The number of aromatic nitrogens is 2. The Bertz CT molecular complexity index is 422. The van der Waals surface area contributed by atoms with Gasteiger partial charge in [-0.15, -0.1) is 0 Å². The third-order valence-corrected chi connectivity index (χ3v) is 5.28. The smallest absolute Gasteiger partial charge is 0.0775 e. The van der Waals surface area contributed by atoms with Crippen molar-refractivity contribution in [3.8, 4) is 0 Å². The van der Waals surface area contributed by atoms with Crippen LogP contribution in [0.4, 0.5) is 0 Å². The van der Waals surface area contributed by atoms with Crippen LogP contribution in [-0.2, 0) is 0 Å². The molecule has 1 aromatic heterocycles. The van der Waals surface area contributed by atoms with E-state index in [-0.39, 0.29) is 5.54 Å². The molecule has 1 N–H and O–H groups in total. The maximum absolute atomic E-state index is 4.63. The minimum Gasteiger partial charge on any atom is -0.307 e. The van der Waals surface area contributed by atoms with Crippen LogP contribution >= 0.6 is 0 Å². The first-order valence-corrected chi connectivity index (χ1v) is 8.61. The highest BCUT2D eigenvalue weighted by Crippen LogP contribution is 2.45. The zero-order chi connectivity index (χ0) is 14.5. The summed E-state index contributed by atoms with van der Waals surface area (Å²) >= 11 is 0. The number of nitrogens with one attached hydrogen (secondary N) is 1. The summed E-state index contributed by atoms with van der Waals surface area (Å²) in [6, 6.07) is 0.316. The summed E-state index contributed by atoms with van der Waals surface area (Å²) in [6.07, 6.45) is 14.9. The lowest BCUT2D eigenvalue weighted by molar-refractivity contribution is 0.0351. The largest absolute Gasteiger partial charge is 0.307 e. The molecule has 1 saturated carbocycles. The van der Waals surface area contributed by atoms with Gasteiger partial charge in [0.05, 0.1) is 17.9 Å². The number of nitrogens with zero attached hydrogens (tertiary/aromatic N) is 3. The predicted molar refractivity (Wildman–Crippen MR) is 85.1 cm³/mol. The first-order chi connectivity index (χ1) is 10.4. The second-order valence-electron chi connectivity index (χ2n) is 6.48. The third-order valence-electron chi connectivity index (χ3n) is 5.28. The zero-order valence-corrected chi connectivity index (χ0v) is 13.2. The number of likely N-dealkylation sites (N-methyl/N-ethyl adjacent to an activating group) is 1. The van der Waals surface area contributed by atoms with Crippen LogP contribution in [-0.4, -0.2) is 40.0 Å². The molecule has 1 unspecified atom stereocenters. The normalized spacial score (nSPS) is 24.0. The summed E-state index contributed by atoms with van der Waals surface area (Å²) in [5.41, 5.74) is 1.37. The molecule has 4 nitrogen and oxygen atoms in total. The highest BCUT2D eigenvalue weighted by Gasteiger charge is 2.47. The first kappa shape index (κ1) is 14.9. The summed E-state index contributed by atoms with van der Waals surface area (Å²) < 4.78 is 0. The van der Waals surface area contributed by atoms with E-state index in [0.29, 0.717) is 6.04 Å². The Morgan fingerprint density at radius 2 is 1.90 bits per heavy atom. The first-order valence-electron chi connectivity index (χ1n) is 8.61. The van der Waals surface area contributed by atoms with Crippen LogP contribution in [0.15, 0.2) is 18.6 Å².